The third-order valence-electron chi connectivity index (χ3n) is 3.88. The van der Waals surface area contributed by atoms with Crippen molar-refractivity contribution in [2.24, 2.45) is 0 Å². The number of hydrogen-bond acceptors (Lipinski definition) is 0. The molecule has 0 aliphatic heterocycles. The van der Waals surface area contributed by atoms with Gasteiger partial charge in [-0.1, -0.05) is 50.2 Å². The quantitative estimate of drug-likeness (QED) is 0.603. The maximum Gasteiger partial charge on any atom is -0.00134 e. The smallest absolute Gasteiger partial charge is 0.00134 e. The summed E-state index contributed by atoms with van der Waals surface area (Å²) >= 11 is 0. The van der Waals surface area contributed by atoms with Gasteiger partial charge in [-0.2, -0.15) is 0 Å². The van der Waals surface area contributed by atoms with Crippen LogP contribution in [0.15, 0.2) is 36.4 Å². The van der Waals surface area contributed by atoms with E-state index in [-0.39, 0.29) is 0 Å². The van der Waals surface area contributed by atoms with Crippen LogP contribution in [0, 0.1) is 0 Å². The molecule has 0 nitrogen and oxygen atoms in total. The molecular weight excluding hydrogens is 204 g/mol. The normalized spacial score (nSPS) is 12.4. The molecule has 86 valence electrons. The van der Waals surface area contributed by atoms with Gasteiger partial charge in [0.2, 0.25) is 0 Å². The highest BCUT2D eigenvalue weighted by atomic mass is 14.2. The lowest BCUT2D eigenvalue weighted by Crippen LogP contribution is -1.93. The van der Waals surface area contributed by atoms with Crippen LogP contribution in [0.25, 0.3) is 11.1 Å². The highest BCUT2D eigenvalue weighted by Gasteiger charge is 2.19. The van der Waals surface area contributed by atoms with Gasteiger partial charge in [0.05, 0.1) is 0 Å². The predicted molar refractivity (Wildman–Crippen MR) is 73.4 cm³/mol. The minimum atomic E-state index is 1.11. The molecule has 17 heavy (non-hydrogen) atoms. The van der Waals surface area contributed by atoms with E-state index < -0.39 is 0 Å². The highest BCUT2D eigenvalue weighted by Crippen LogP contribution is 2.38. The van der Waals surface area contributed by atoms with Gasteiger partial charge < -0.3 is 0 Å². The Balaban J connectivity index is 2.20. The molecule has 0 saturated carbocycles. The zero-order valence-corrected chi connectivity index (χ0v) is 10.6. The van der Waals surface area contributed by atoms with Crippen LogP contribution in [0.1, 0.15) is 36.1 Å². The number of rotatable bonds is 2. The Morgan fingerprint density at radius 1 is 0.824 bits per heavy atom. The molecule has 3 rings (SSSR count). The number of fused-ring (bicyclic) bond motifs is 3. The molecule has 0 atom stereocenters. The first-order chi connectivity index (χ1) is 8.33. The lowest BCUT2D eigenvalue weighted by Gasteiger charge is -2.10. The van der Waals surface area contributed by atoms with Crippen LogP contribution in [-0.2, 0) is 19.3 Å². The second kappa shape index (κ2) is 4.03. The van der Waals surface area contributed by atoms with Gasteiger partial charge in [0.25, 0.3) is 0 Å². The van der Waals surface area contributed by atoms with E-state index in [0.717, 1.165) is 19.3 Å². The Hall–Kier alpha value is -1.56. The molecule has 0 fully saturated rings. The Bertz CT molecular complexity index is 564. The van der Waals surface area contributed by atoms with Crippen LogP contribution in [0.4, 0.5) is 0 Å². The van der Waals surface area contributed by atoms with Crippen molar-refractivity contribution < 1.29 is 0 Å². The van der Waals surface area contributed by atoms with Crippen LogP contribution >= 0.6 is 0 Å². The molecule has 2 aromatic rings. The monoisotopic (exact) mass is 222 g/mol. The first-order valence-electron chi connectivity index (χ1n) is 6.56. The van der Waals surface area contributed by atoms with Crippen LogP contribution in [0.2, 0.25) is 0 Å². The van der Waals surface area contributed by atoms with E-state index in [2.05, 4.69) is 50.2 Å². The van der Waals surface area contributed by atoms with Gasteiger partial charge in [-0.3, -0.25) is 0 Å². The van der Waals surface area contributed by atoms with E-state index in [0.29, 0.717) is 0 Å². The highest BCUT2D eigenvalue weighted by molar-refractivity contribution is 5.77. The van der Waals surface area contributed by atoms with Crippen molar-refractivity contribution >= 4 is 0 Å². The molecule has 0 heterocycles. The van der Waals surface area contributed by atoms with Crippen molar-refractivity contribution in [2.45, 2.75) is 33.1 Å². The van der Waals surface area contributed by atoms with Gasteiger partial charge in [-0.15, -0.1) is 0 Å². The summed E-state index contributed by atoms with van der Waals surface area (Å²) in [6.45, 7) is 4.50. The largest absolute Gasteiger partial charge is 0.0619 e. The van der Waals surface area contributed by atoms with Crippen molar-refractivity contribution in [3.05, 3.63) is 58.7 Å². The van der Waals surface area contributed by atoms with Crippen molar-refractivity contribution in [3.63, 3.8) is 0 Å². The molecule has 1 aliphatic carbocycles. The second-order valence-corrected chi connectivity index (χ2v) is 4.82. The molecule has 0 unspecified atom stereocenters. The Morgan fingerprint density at radius 2 is 1.53 bits per heavy atom. The molecule has 2 aromatic carbocycles. The summed E-state index contributed by atoms with van der Waals surface area (Å²) in [6.07, 6.45) is 3.40. The van der Waals surface area contributed by atoms with Crippen LogP contribution in [0.3, 0.4) is 0 Å². The van der Waals surface area contributed by atoms with Crippen LogP contribution < -0.4 is 0 Å². The van der Waals surface area contributed by atoms with Gasteiger partial charge in [0.15, 0.2) is 0 Å². The molecular formula is C17H18. The fourth-order valence-electron chi connectivity index (χ4n) is 2.94. The van der Waals surface area contributed by atoms with Gasteiger partial charge in [-0.25, -0.2) is 0 Å². The maximum absolute atomic E-state index is 2.42. The maximum atomic E-state index is 2.42. The van der Waals surface area contributed by atoms with Gasteiger partial charge in [-0.05, 0) is 52.6 Å². The van der Waals surface area contributed by atoms with Crippen LogP contribution in [0.5, 0.6) is 0 Å². The average Bonchev–Trinajstić information content (AvgIpc) is 2.74. The SMILES string of the molecule is CCc1cc2c(cc1CC)-c1ccccc1C2. The van der Waals surface area contributed by atoms with Crippen molar-refractivity contribution in [3.8, 4) is 11.1 Å². The summed E-state index contributed by atoms with van der Waals surface area (Å²) in [5.74, 6) is 0. The predicted octanol–water partition coefficient (Wildman–Crippen LogP) is 4.38. The van der Waals surface area contributed by atoms with E-state index in [9.17, 15) is 0 Å². The number of aryl methyl sites for hydroxylation is 2. The van der Waals surface area contributed by atoms with Crippen molar-refractivity contribution in [2.75, 3.05) is 0 Å². The average molecular weight is 222 g/mol. The second-order valence-electron chi connectivity index (χ2n) is 4.82. The van der Waals surface area contributed by atoms with E-state index in [1.54, 1.807) is 0 Å². The standard InChI is InChI=1S/C17H18/c1-3-12-9-15-10-14-7-5-6-8-16(14)17(15)11-13(12)4-2/h5-9,11H,3-4,10H2,1-2H3. The fourth-order valence-corrected chi connectivity index (χ4v) is 2.94. The van der Waals surface area contributed by atoms with E-state index in [1.807, 2.05) is 0 Å². The van der Waals surface area contributed by atoms with Gasteiger partial charge in [0, 0.05) is 0 Å². The number of hydrogen-bond donors (Lipinski definition) is 0. The first-order valence-corrected chi connectivity index (χ1v) is 6.56. The molecule has 0 N–H and O–H groups in total. The molecule has 0 saturated heterocycles. The molecule has 0 spiro atoms. The molecule has 0 bridgehead atoms. The topological polar surface area (TPSA) is 0 Å². The Kier molecular flexibility index (Phi) is 2.51. The zero-order valence-electron chi connectivity index (χ0n) is 10.6. The molecule has 0 radical (unpaired) electrons. The number of benzene rings is 2. The molecule has 0 heteroatoms. The van der Waals surface area contributed by atoms with Gasteiger partial charge >= 0.3 is 0 Å². The van der Waals surface area contributed by atoms with Crippen molar-refractivity contribution in [1.82, 2.24) is 0 Å². The summed E-state index contributed by atoms with van der Waals surface area (Å²) in [5, 5.41) is 0. The Labute approximate surface area is 103 Å². The molecule has 0 amide bonds. The Morgan fingerprint density at radius 3 is 2.29 bits per heavy atom. The van der Waals surface area contributed by atoms with Gasteiger partial charge in [0.1, 0.15) is 0 Å². The minimum absolute atomic E-state index is 1.11. The third-order valence-corrected chi connectivity index (χ3v) is 3.88. The lowest BCUT2D eigenvalue weighted by molar-refractivity contribution is 1.03. The third kappa shape index (κ3) is 1.59. The minimum Gasteiger partial charge on any atom is -0.0619 e. The zero-order chi connectivity index (χ0) is 11.8. The summed E-state index contributed by atoms with van der Waals surface area (Å²) in [7, 11) is 0. The summed E-state index contributed by atoms with van der Waals surface area (Å²) in [5.41, 5.74) is 8.95. The van der Waals surface area contributed by atoms with E-state index >= 15 is 0 Å². The van der Waals surface area contributed by atoms with E-state index in [1.165, 1.54) is 33.4 Å². The molecule has 0 aromatic heterocycles. The summed E-state index contributed by atoms with van der Waals surface area (Å²) in [6, 6.07) is 13.6. The summed E-state index contributed by atoms with van der Waals surface area (Å²) < 4.78 is 0. The molecule has 1 aliphatic rings. The van der Waals surface area contributed by atoms with E-state index in [4.69, 9.17) is 0 Å². The van der Waals surface area contributed by atoms with Crippen molar-refractivity contribution in [1.29, 1.82) is 0 Å². The summed E-state index contributed by atoms with van der Waals surface area (Å²) in [4.78, 5) is 0. The van der Waals surface area contributed by atoms with Crippen LogP contribution in [-0.4, -0.2) is 0 Å². The fraction of sp³-hybridized carbons (Fsp3) is 0.294. The lowest BCUT2D eigenvalue weighted by atomic mass is 9.95. The first kappa shape index (κ1) is 10.6.